The van der Waals surface area contributed by atoms with Gasteiger partial charge in [-0.15, -0.1) is 22.7 Å². The van der Waals surface area contributed by atoms with Crippen LogP contribution in [-0.2, 0) is 16.1 Å². The monoisotopic (exact) mass is 375 g/mol. The fraction of sp³-hybridized carbons (Fsp3) is 0.438. The molecule has 0 aliphatic carbocycles. The van der Waals surface area contributed by atoms with Crippen LogP contribution in [0, 0.1) is 6.92 Å². The van der Waals surface area contributed by atoms with E-state index in [-0.39, 0.29) is 6.54 Å². The highest BCUT2D eigenvalue weighted by Gasteiger charge is 2.45. The van der Waals surface area contributed by atoms with E-state index in [1.54, 1.807) is 11.3 Å². The first-order valence-corrected chi connectivity index (χ1v) is 8.86. The Morgan fingerprint density at radius 2 is 1.92 bits per heavy atom. The topological polar surface area (TPSA) is 58.6 Å². The van der Waals surface area contributed by atoms with E-state index in [4.69, 9.17) is 0 Å². The van der Waals surface area contributed by atoms with E-state index in [1.165, 1.54) is 16.2 Å². The number of thiophene rings is 2. The maximum atomic E-state index is 13.0. The third-order valence-electron chi connectivity index (χ3n) is 3.59. The van der Waals surface area contributed by atoms with Crippen molar-refractivity contribution in [2.75, 3.05) is 7.11 Å². The number of ether oxygens (including phenoxy) is 1. The number of hydrogen-bond donors (Lipinski definition) is 2. The van der Waals surface area contributed by atoms with Crippen LogP contribution in [0.5, 0.6) is 0 Å². The lowest BCUT2D eigenvalue weighted by Crippen LogP contribution is -2.57. The summed E-state index contributed by atoms with van der Waals surface area (Å²) in [7, 11) is 1.10. The van der Waals surface area contributed by atoms with Crippen molar-refractivity contribution in [1.29, 1.82) is 0 Å². The van der Waals surface area contributed by atoms with Crippen molar-refractivity contribution in [3.63, 3.8) is 0 Å². The van der Waals surface area contributed by atoms with Gasteiger partial charge in [-0.1, -0.05) is 0 Å². The number of aliphatic hydroxyl groups is 1. The number of esters is 1. The second-order valence-corrected chi connectivity index (χ2v) is 8.00. The van der Waals surface area contributed by atoms with Crippen molar-refractivity contribution >= 4 is 28.6 Å². The molecule has 4 nitrogen and oxygen atoms in total. The largest absolute Gasteiger partial charge is 0.468 e. The summed E-state index contributed by atoms with van der Waals surface area (Å²) in [5.41, 5.74) is -2.52. The van der Waals surface area contributed by atoms with E-state index in [1.807, 2.05) is 31.2 Å². The molecule has 0 saturated carbocycles. The molecule has 0 amide bonds. The van der Waals surface area contributed by atoms with Crippen LogP contribution >= 0.6 is 22.7 Å². The minimum Gasteiger partial charge on any atom is -0.468 e. The van der Waals surface area contributed by atoms with E-state index in [0.29, 0.717) is 0 Å². The zero-order chi connectivity index (χ0) is 17.9. The van der Waals surface area contributed by atoms with Gasteiger partial charge in [0.1, 0.15) is 11.6 Å². The molecule has 0 bridgehead atoms. The van der Waals surface area contributed by atoms with Gasteiger partial charge in [0, 0.05) is 26.1 Å². The molecule has 0 unspecified atom stereocenters. The van der Waals surface area contributed by atoms with Crippen LogP contribution in [-0.4, -0.2) is 36.3 Å². The number of halogens is 2. The highest BCUT2D eigenvalue weighted by Crippen LogP contribution is 2.33. The van der Waals surface area contributed by atoms with Gasteiger partial charge < -0.3 is 9.84 Å². The molecule has 0 fully saturated rings. The Kier molecular flexibility index (Phi) is 6.08. The Hall–Kier alpha value is -1.35. The van der Waals surface area contributed by atoms with Gasteiger partial charge in [-0.25, -0.2) is 8.78 Å². The van der Waals surface area contributed by atoms with Crippen molar-refractivity contribution in [2.45, 2.75) is 38.5 Å². The van der Waals surface area contributed by atoms with Gasteiger partial charge in [-0.2, -0.15) is 0 Å². The highest BCUT2D eigenvalue weighted by molar-refractivity contribution is 7.22. The number of aryl methyl sites for hydroxylation is 1. The standard InChI is InChI=1S/C16H19F2NO3S2/c1-9-4-6-11(23-9)12-7-5-10(24-12)8-19-13(14(20)22-3)16(2,21)15(17)18/h4-7,13,15,19,21H,8H2,1-3H3/t13-,16+/m1/s1. The van der Waals surface area contributed by atoms with Crippen LogP contribution in [0.3, 0.4) is 0 Å². The number of carbonyl (C=O) groups is 1. The molecule has 0 aromatic carbocycles. The predicted octanol–water partition coefficient (Wildman–Crippen LogP) is 3.43. The summed E-state index contributed by atoms with van der Waals surface area (Å²) in [5.74, 6) is -0.925. The van der Waals surface area contributed by atoms with Crippen LogP contribution in [0.1, 0.15) is 16.7 Å². The smallest absolute Gasteiger partial charge is 0.326 e. The average molecular weight is 375 g/mol. The molecule has 2 heterocycles. The van der Waals surface area contributed by atoms with Crippen LogP contribution in [0.4, 0.5) is 8.78 Å². The molecule has 0 saturated heterocycles. The van der Waals surface area contributed by atoms with Gasteiger partial charge in [0.25, 0.3) is 6.43 Å². The third kappa shape index (κ3) is 4.18. The number of methoxy groups -OCH3 is 1. The molecule has 2 aromatic rings. The van der Waals surface area contributed by atoms with Gasteiger partial charge in [-0.3, -0.25) is 10.1 Å². The number of rotatable bonds is 7. The predicted molar refractivity (Wildman–Crippen MR) is 91.6 cm³/mol. The first kappa shape index (κ1) is 19.0. The molecular formula is C16H19F2NO3S2. The molecule has 0 aliphatic heterocycles. The fourth-order valence-corrected chi connectivity index (χ4v) is 4.06. The van der Waals surface area contributed by atoms with Crippen molar-refractivity contribution in [1.82, 2.24) is 5.32 Å². The molecule has 0 spiro atoms. The van der Waals surface area contributed by atoms with Crippen molar-refractivity contribution in [2.24, 2.45) is 0 Å². The van der Waals surface area contributed by atoms with Crippen LogP contribution in [0.25, 0.3) is 9.75 Å². The molecule has 24 heavy (non-hydrogen) atoms. The molecule has 2 atom stereocenters. The minimum absolute atomic E-state index is 0.178. The summed E-state index contributed by atoms with van der Waals surface area (Å²) in [6, 6.07) is 6.36. The molecule has 2 aromatic heterocycles. The normalized spacial score (nSPS) is 15.3. The molecule has 132 valence electrons. The second-order valence-electron chi connectivity index (χ2n) is 5.54. The molecule has 2 N–H and O–H groups in total. The number of alkyl halides is 2. The quantitative estimate of drug-likeness (QED) is 0.728. The van der Waals surface area contributed by atoms with Crippen LogP contribution < -0.4 is 5.32 Å². The second kappa shape index (κ2) is 7.69. The number of carbonyl (C=O) groups excluding carboxylic acids is 1. The molecule has 8 heteroatoms. The van der Waals surface area contributed by atoms with Crippen molar-refractivity contribution in [3.05, 3.63) is 34.0 Å². The Labute approximate surface area is 147 Å². The SMILES string of the molecule is COC(=O)[C@@H](NCc1ccc(-c2ccc(C)s2)s1)[C@](C)(O)C(F)F. The molecular weight excluding hydrogens is 356 g/mol. The van der Waals surface area contributed by atoms with Gasteiger partial charge >= 0.3 is 5.97 Å². The fourth-order valence-electron chi connectivity index (χ4n) is 2.15. The lowest BCUT2D eigenvalue weighted by Gasteiger charge is -2.30. The Bertz CT molecular complexity index is 697. The summed E-state index contributed by atoms with van der Waals surface area (Å²) < 4.78 is 30.6. The minimum atomic E-state index is -3.08. The summed E-state index contributed by atoms with van der Waals surface area (Å²) in [6.45, 7) is 3.12. The van der Waals surface area contributed by atoms with E-state index < -0.39 is 24.0 Å². The van der Waals surface area contributed by atoms with Crippen LogP contribution in [0.2, 0.25) is 0 Å². The summed E-state index contributed by atoms with van der Waals surface area (Å²) in [5, 5.41) is 12.6. The van der Waals surface area contributed by atoms with Crippen molar-refractivity contribution in [3.8, 4) is 9.75 Å². The highest BCUT2D eigenvalue weighted by atomic mass is 32.1. The van der Waals surface area contributed by atoms with Gasteiger partial charge in [0.15, 0.2) is 0 Å². The maximum absolute atomic E-state index is 13.0. The lowest BCUT2D eigenvalue weighted by molar-refractivity contribution is -0.161. The first-order valence-electron chi connectivity index (χ1n) is 7.23. The van der Waals surface area contributed by atoms with Gasteiger partial charge in [-0.05, 0) is 38.1 Å². The summed E-state index contributed by atoms with van der Waals surface area (Å²) >= 11 is 3.18. The molecule has 0 radical (unpaired) electrons. The number of hydrogen-bond acceptors (Lipinski definition) is 6. The van der Waals surface area contributed by atoms with E-state index in [9.17, 15) is 18.7 Å². The maximum Gasteiger partial charge on any atom is 0.326 e. The van der Waals surface area contributed by atoms with Crippen LogP contribution in [0.15, 0.2) is 24.3 Å². The van der Waals surface area contributed by atoms with E-state index in [0.717, 1.165) is 28.7 Å². The molecule has 2 rings (SSSR count). The van der Waals surface area contributed by atoms with E-state index in [2.05, 4.69) is 10.1 Å². The summed E-state index contributed by atoms with van der Waals surface area (Å²) in [6.07, 6.45) is -3.08. The lowest BCUT2D eigenvalue weighted by atomic mass is 9.97. The average Bonchev–Trinajstić information content (AvgIpc) is 3.15. The Morgan fingerprint density at radius 3 is 2.46 bits per heavy atom. The zero-order valence-corrected chi connectivity index (χ0v) is 15.1. The van der Waals surface area contributed by atoms with E-state index >= 15 is 0 Å². The Balaban J connectivity index is 2.09. The first-order chi connectivity index (χ1) is 11.3. The zero-order valence-electron chi connectivity index (χ0n) is 13.5. The molecule has 0 aliphatic rings. The van der Waals surface area contributed by atoms with Gasteiger partial charge in [0.05, 0.1) is 7.11 Å². The van der Waals surface area contributed by atoms with Gasteiger partial charge in [0.2, 0.25) is 0 Å². The third-order valence-corrected chi connectivity index (χ3v) is 5.87. The van der Waals surface area contributed by atoms with Crippen molar-refractivity contribution < 1.29 is 23.4 Å². The summed E-state index contributed by atoms with van der Waals surface area (Å²) in [4.78, 5) is 16.0. The number of nitrogens with one attached hydrogen (secondary N) is 1. The Morgan fingerprint density at radius 1 is 1.29 bits per heavy atom.